The van der Waals surface area contributed by atoms with Crippen LogP contribution in [0.3, 0.4) is 0 Å². The van der Waals surface area contributed by atoms with Crippen molar-refractivity contribution in [3.05, 3.63) is 77.9 Å². The minimum atomic E-state index is -0.201. The molecule has 5 nitrogen and oxygen atoms in total. The van der Waals surface area contributed by atoms with E-state index in [0.717, 1.165) is 21.9 Å². The van der Waals surface area contributed by atoms with Crippen molar-refractivity contribution in [1.29, 1.82) is 0 Å². The van der Waals surface area contributed by atoms with Crippen LogP contribution < -0.4 is 10.6 Å². The summed E-state index contributed by atoms with van der Waals surface area (Å²) in [6.07, 6.45) is 0.260. The van der Waals surface area contributed by atoms with Crippen molar-refractivity contribution in [2.24, 2.45) is 0 Å². The summed E-state index contributed by atoms with van der Waals surface area (Å²) in [7, 11) is 3.36. The van der Waals surface area contributed by atoms with E-state index in [0.29, 0.717) is 12.2 Å². The number of hydrogen-bond acceptors (Lipinski definition) is 2. The van der Waals surface area contributed by atoms with Crippen molar-refractivity contribution in [2.45, 2.75) is 13.0 Å². The first-order valence-electron chi connectivity index (χ1n) is 8.83. The first-order chi connectivity index (χ1) is 13.0. The van der Waals surface area contributed by atoms with Gasteiger partial charge >= 0.3 is 6.03 Å². The quantitative estimate of drug-likeness (QED) is 0.726. The van der Waals surface area contributed by atoms with Gasteiger partial charge in [-0.05, 0) is 34.0 Å². The number of fused-ring (bicyclic) bond motifs is 1. The number of amides is 3. The van der Waals surface area contributed by atoms with Crippen LogP contribution in [0.2, 0.25) is 0 Å². The fourth-order valence-corrected chi connectivity index (χ4v) is 2.88. The van der Waals surface area contributed by atoms with Gasteiger partial charge in [-0.3, -0.25) is 4.79 Å². The molecule has 2 N–H and O–H groups in total. The van der Waals surface area contributed by atoms with Gasteiger partial charge in [0.25, 0.3) is 0 Å². The average molecular weight is 361 g/mol. The number of nitrogens with zero attached hydrogens (tertiary/aromatic N) is 1. The lowest BCUT2D eigenvalue weighted by Crippen LogP contribution is -2.27. The molecule has 0 aliphatic carbocycles. The van der Waals surface area contributed by atoms with E-state index in [1.807, 2.05) is 42.5 Å². The van der Waals surface area contributed by atoms with Crippen LogP contribution in [-0.4, -0.2) is 30.9 Å². The highest BCUT2D eigenvalue weighted by atomic mass is 16.2. The second-order valence-electron chi connectivity index (χ2n) is 6.62. The largest absolute Gasteiger partial charge is 0.352 e. The zero-order chi connectivity index (χ0) is 19.2. The summed E-state index contributed by atoms with van der Waals surface area (Å²) >= 11 is 0. The minimum Gasteiger partial charge on any atom is -0.352 e. The fraction of sp³-hybridized carbons (Fsp3) is 0.182. The van der Waals surface area contributed by atoms with Crippen LogP contribution in [0.15, 0.2) is 66.7 Å². The topological polar surface area (TPSA) is 61.4 Å². The molecule has 0 heterocycles. The molecule has 0 fully saturated rings. The monoisotopic (exact) mass is 361 g/mol. The highest BCUT2D eigenvalue weighted by Crippen LogP contribution is 2.18. The van der Waals surface area contributed by atoms with Gasteiger partial charge in [-0.1, -0.05) is 54.6 Å². The Kier molecular flexibility index (Phi) is 5.71. The van der Waals surface area contributed by atoms with Crippen molar-refractivity contribution in [2.75, 3.05) is 19.4 Å². The molecule has 0 aliphatic rings. The highest BCUT2D eigenvalue weighted by molar-refractivity contribution is 5.89. The molecule has 3 rings (SSSR count). The van der Waals surface area contributed by atoms with Gasteiger partial charge in [0.05, 0.1) is 6.42 Å². The number of hydrogen-bond donors (Lipinski definition) is 2. The molecule has 3 aromatic carbocycles. The predicted octanol–water partition coefficient (Wildman–Crippen LogP) is 3.79. The molecule has 0 aromatic heterocycles. The zero-order valence-electron chi connectivity index (χ0n) is 15.5. The Hall–Kier alpha value is -3.34. The SMILES string of the molecule is CN(C)C(=O)Nc1cccc(CC(=O)NCc2cccc3ccccc23)c1. The zero-order valence-corrected chi connectivity index (χ0v) is 15.5. The average Bonchev–Trinajstić information content (AvgIpc) is 2.66. The van der Waals surface area contributed by atoms with E-state index in [9.17, 15) is 9.59 Å². The summed E-state index contributed by atoms with van der Waals surface area (Å²) in [4.78, 5) is 25.6. The lowest BCUT2D eigenvalue weighted by atomic mass is 10.0. The number of rotatable bonds is 5. The van der Waals surface area contributed by atoms with Crippen molar-refractivity contribution in [1.82, 2.24) is 10.2 Å². The molecule has 0 radical (unpaired) electrons. The number of nitrogens with one attached hydrogen (secondary N) is 2. The Labute approximate surface area is 159 Å². The molecule has 0 spiro atoms. The second-order valence-corrected chi connectivity index (χ2v) is 6.62. The molecular weight excluding hydrogens is 338 g/mol. The minimum absolute atomic E-state index is 0.0565. The Morgan fingerprint density at radius 3 is 2.48 bits per heavy atom. The van der Waals surface area contributed by atoms with E-state index in [1.165, 1.54) is 4.90 Å². The summed E-state index contributed by atoms with van der Waals surface area (Å²) in [6, 6.07) is 21.4. The third-order valence-electron chi connectivity index (χ3n) is 4.31. The van der Waals surface area contributed by atoms with Gasteiger partial charge < -0.3 is 15.5 Å². The van der Waals surface area contributed by atoms with E-state index in [1.54, 1.807) is 20.2 Å². The van der Waals surface area contributed by atoms with Crippen LogP contribution in [0.5, 0.6) is 0 Å². The second kappa shape index (κ2) is 8.36. The molecule has 0 bridgehead atoms. The molecule has 3 amide bonds. The van der Waals surface area contributed by atoms with Crippen LogP contribution >= 0.6 is 0 Å². The molecule has 138 valence electrons. The summed E-state index contributed by atoms with van der Waals surface area (Å²) in [6.45, 7) is 0.483. The van der Waals surface area contributed by atoms with Gasteiger partial charge in [0, 0.05) is 26.3 Å². The molecule has 0 aliphatic heterocycles. The van der Waals surface area contributed by atoms with Crippen LogP contribution in [0.25, 0.3) is 10.8 Å². The lowest BCUT2D eigenvalue weighted by molar-refractivity contribution is -0.120. The van der Waals surface area contributed by atoms with E-state index in [4.69, 9.17) is 0 Å². The number of anilines is 1. The van der Waals surface area contributed by atoms with Gasteiger partial charge in [0.1, 0.15) is 0 Å². The summed E-state index contributed by atoms with van der Waals surface area (Å²) in [5.74, 6) is -0.0565. The van der Waals surface area contributed by atoms with Gasteiger partial charge in [-0.2, -0.15) is 0 Å². The molecule has 27 heavy (non-hydrogen) atoms. The van der Waals surface area contributed by atoms with Crippen LogP contribution in [0.4, 0.5) is 10.5 Å². The van der Waals surface area contributed by atoms with Crippen molar-refractivity contribution < 1.29 is 9.59 Å². The van der Waals surface area contributed by atoms with Crippen molar-refractivity contribution in [3.8, 4) is 0 Å². The van der Waals surface area contributed by atoms with Gasteiger partial charge in [-0.15, -0.1) is 0 Å². The Morgan fingerprint density at radius 1 is 0.926 bits per heavy atom. The van der Waals surface area contributed by atoms with Crippen LogP contribution in [-0.2, 0) is 17.8 Å². The maximum absolute atomic E-state index is 12.4. The van der Waals surface area contributed by atoms with E-state index < -0.39 is 0 Å². The van der Waals surface area contributed by atoms with Crippen LogP contribution in [0, 0.1) is 0 Å². The van der Waals surface area contributed by atoms with Gasteiger partial charge in [-0.25, -0.2) is 4.79 Å². The van der Waals surface area contributed by atoms with Crippen LogP contribution in [0.1, 0.15) is 11.1 Å². The summed E-state index contributed by atoms with van der Waals surface area (Å²) < 4.78 is 0. The summed E-state index contributed by atoms with van der Waals surface area (Å²) in [5, 5.41) is 8.08. The molecule has 0 saturated heterocycles. The Balaban J connectivity index is 1.62. The summed E-state index contributed by atoms with van der Waals surface area (Å²) in [5.41, 5.74) is 2.61. The molecule has 0 saturated carbocycles. The standard InChI is InChI=1S/C22H23N3O2/c1-25(2)22(27)24-19-11-5-7-16(13-19)14-21(26)23-15-18-10-6-9-17-8-3-4-12-20(17)18/h3-13H,14-15H2,1-2H3,(H,23,26)(H,24,27). The van der Waals surface area contributed by atoms with Crippen molar-refractivity contribution >= 4 is 28.4 Å². The first-order valence-corrected chi connectivity index (χ1v) is 8.83. The predicted molar refractivity (Wildman–Crippen MR) is 109 cm³/mol. The third-order valence-corrected chi connectivity index (χ3v) is 4.31. The Bertz CT molecular complexity index is 961. The third kappa shape index (κ3) is 4.85. The maximum atomic E-state index is 12.4. The maximum Gasteiger partial charge on any atom is 0.321 e. The fourth-order valence-electron chi connectivity index (χ4n) is 2.88. The Morgan fingerprint density at radius 2 is 1.67 bits per heavy atom. The van der Waals surface area contributed by atoms with Crippen molar-refractivity contribution in [3.63, 3.8) is 0 Å². The molecule has 3 aromatic rings. The smallest absolute Gasteiger partial charge is 0.321 e. The number of carbonyl (C=O) groups excluding carboxylic acids is 2. The number of carbonyl (C=O) groups is 2. The van der Waals surface area contributed by atoms with Gasteiger partial charge in [0.2, 0.25) is 5.91 Å². The molecule has 0 atom stereocenters. The first kappa shape index (κ1) is 18.5. The highest BCUT2D eigenvalue weighted by Gasteiger charge is 2.08. The molecule has 5 heteroatoms. The normalized spacial score (nSPS) is 10.4. The van der Waals surface area contributed by atoms with Gasteiger partial charge in [0.15, 0.2) is 0 Å². The number of urea groups is 1. The van der Waals surface area contributed by atoms with E-state index in [2.05, 4.69) is 28.8 Å². The lowest BCUT2D eigenvalue weighted by Gasteiger charge is -2.13. The van der Waals surface area contributed by atoms with E-state index in [-0.39, 0.29) is 18.4 Å². The molecule has 0 unspecified atom stereocenters. The van der Waals surface area contributed by atoms with E-state index >= 15 is 0 Å². The molecular formula is C22H23N3O2. The number of benzene rings is 3.